The van der Waals surface area contributed by atoms with Gasteiger partial charge in [-0.2, -0.15) is 0 Å². The molecule has 1 aliphatic rings. The largest absolute Gasteiger partial charge is 0.464 e. The highest BCUT2D eigenvalue weighted by Crippen LogP contribution is 2.32. The van der Waals surface area contributed by atoms with Crippen molar-refractivity contribution in [2.45, 2.75) is 24.8 Å². The number of carbonyl (C=O) groups is 1. The number of aryl methyl sites for hydroxylation is 2. The lowest BCUT2D eigenvalue weighted by Crippen LogP contribution is -2.14. The third kappa shape index (κ3) is 4.40. The van der Waals surface area contributed by atoms with Gasteiger partial charge in [-0.3, -0.25) is 4.79 Å². The van der Waals surface area contributed by atoms with Crippen molar-refractivity contribution >= 4 is 17.7 Å². The number of hydrogen-bond acceptors (Lipinski definition) is 9. The number of ether oxygens (including phenoxy) is 3. The molecule has 1 aromatic carbocycles. The van der Waals surface area contributed by atoms with Gasteiger partial charge in [-0.05, 0) is 38.1 Å². The van der Waals surface area contributed by atoms with Crippen LogP contribution in [-0.4, -0.2) is 22.7 Å². The van der Waals surface area contributed by atoms with E-state index in [1.807, 2.05) is 19.9 Å². The molecule has 0 N–H and O–H groups in total. The van der Waals surface area contributed by atoms with Crippen LogP contribution in [0.4, 0.5) is 0 Å². The van der Waals surface area contributed by atoms with Crippen LogP contribution in [0.1, 0.15) is 27.5 Å². The summed E-state index contributed by atoms with van der Waals surface area (Å²) < 4.78 is 21.0. The molecule has 0 radical (unpaired) electrons. The Hall–Kier alpha value is -3.33. The second kappa shape index (κ2) is 7.96. The number of fused-ring (bicyclic) bond motifs is 1. The van der Waals surface area contributed by atoms with E-state index >= 15 is 0 Å². The van der Waals surface area contributed by atoms with Gasteiger partial charge >= 0.3 is 5.97 Å². The van der Waals surface area contributed by atoms with E-state index in [4.69, 9.17) is 18.6 Å². The lowest BCUT2D eigenvalue weighted by molar-refractivity contribution is 0.0728. The van der Waals surface area contributed by atoms with Crippen molar-refractivity contribution in [1.29, 1.82) is 0 Å². The first-order chi connectivity index (χ1) is 14.0. The molecule has 8 nitrogen and oxygen atoms in total. The molecule has 0 amide bonds. The van der Waals surface area contributed by atoms with Gasteiger partial charge in [0.1, 0.15) is 12.0 Å². The predicted octanol–water partition coefficient (Wildman–Crippen LogP) is 3.29. The summed E-state index contributed by atoms with van der Waals surface area (Å²) in [4.78, 5) is 33.3. The monoisotopic (exact) mass is 412 g/mol. The fourth-order valence-electron chi connectivity index (χ4n) is 2.66. The molecule has 3 aromatic rings. The Morgan fingerprint density at radius 3 is 2.62 bits per heavy atom. The van der Waals surface area contributed by atoms with Crippen molar-refractivity contribution in [3.63, 3.8) is 0 Å². The van der Waals surface area contributed by atoms with Gasteiger partial charge in [0.15, 0.2) is 16.7 Å². The highest BCUT2D eigenvalue weighted by molar-refractivity contribution is 7.98. The molecule has 148 valence electrons. The van der Waals surface area contributed by atoms with Crippen LogP contribution in [0.25, 0.3) is 0 Å². The van der Waals surface area contributed by atoms with Gasteiger partial charge in [0.25, 0.3) is 0 Å². The van der Waals surface area contributed by atoms with Gasteiger partial charge in [0, 0.05) is 17.5 Å². The van der Waals surface area contributed by atoms with E-state index in [-0.39, 0.29) is 18.1 Å². The first-order valence-corrected chi connectivity index (χ1v) is 9.65. The lowest BCUT2D eigenvalue weighted by atomic mass is 10.2. The van der Waals surface area contributed by atoms with Crippen LogP contribution in [0.3, 0.4) is 0 Å². The number of esters is 1. The minimum absolute atomic E-state index is 0.101. The summed E-state index contributed by atoms with van der Waals surface area (Å²) in [5.41, 5.74) is 1.52. The van der Waals surface area contributed by atoms with Gasteiger partial charge in [-0.15, -0.1) is 0 Å². The molecule has 0 saturated carbocycles. The number of thioether (sulfide) groups is 1. The fraction of sp³-hybridized carbons (Fsp3) is 0.200. The summed E-state index contributed by atoms with van der Waals surface area (Å²) in [6.45, 7) is 3.88. The average Bonchev–Trinajstić information content (AvgIpc) is 3.15. The fourth-order valence-corrected chi connectivity index (χ4v) is 3.50. The molecule has 0 spiro atoms. The van der Waals surface area contributed by atoms with E-state index in [0.717, 1.165) is 17.7 Å². The van der Waals surface area contributed by atoms with Gasteiger partial charge in [-0.1, -0.05) is 11.8 Å². The van der Waals surface area contributed by atoms with Crippen LogP contribution in [-0.2, 0) is 5.75 Å². The standard InChI is InChI=1S/C20H16N2O6S/c1-11-5-12(2)22-20(21-11)29-9-14-7-15(23)18(8-25-14)28-19(24)13-3-4-16-17(6-13)27-10-26-16/h3-8H,9-10H2,1-2H3. The average molecular weight is 412 g/mol. The topological polar surface area (TPSA) is 101 Å². The van der Waals surface area contributed by atoms with Crippen molar-refractivity contribution in [3.05, 3.63) is 69.5 Å². The van der Waals surface area contributed by atoms with E-state index in [9.17, 15) is 9.59 Å². The molecule has 0 bridgehead atoms. The zero-order valence-corrected chi connectivity index (χ0v) is 16.4. The van der Waals surface area contributed by atoms with Crippen LogP contribution in [0, 0.1) is 13.8 Å². The number of carbonyl (C=O) groups excluding carboxylic acids is 1. The third-order valence-electron chi connectivity index (χ3n) is 3.97. The minimum Gasteiger partial charge on any atom is -0.464 e. The third-order valence-corrected chi connectivity index (χ3v) is 4.84. The van der Waals surface area contributed by atoms with Gasteiger partial charge in [-0.25, -0.2) is 14.8 Å². The maximum absolute atomic E-state index is 12.3. The summed E-state index contributed by atoms with van der Waals surface area (Å²) in [5, 5.41) is 0.600. The summed E-state index contributed by atoms with van der Waals surface area (Å²) in [6.07, 6.45) is 1.13. The summed E-state index contributed by atoms with van der Waals surface area (Å²) in [6, 6.07) is 7.82. The minimum atomic E-state index is -0.693. The molecule has 9 heteroatoms. The van der Waals surface area contributed by atoms with Crippen molar-refractivity contribution in [3.8, 4) is 17.2 Å². The second-order valence-electron chi connectivity index (χ2n) is 6.25. The Kier molecular flexibility index (Phi) is 5.22. The molecular formula is C20H16N2O6S. The van der Waals surface area contributed by atoms with E-state index in [1.54, 1.807) is 6.07 Å². The van der Waals surface area contributed by atoms with Gasteiger partial charge in [0.2, 0.25) is 18.0 Å². The number of aromatic nitrogens is 2. The Morgan fingerprint density at radius 1 is 1.10 bits per heavy atom. The number of nitrogens with zero attached hydrogens (tertiary/aromatic N) is 2. The van der Waals surface area contributed by atoms with Crippen LogP contribution in [0.15, 0.2) is 51.0 Å². The normalized spacial score (nSPS) is 12.1. The molecule has 0 aliphatic carbocycles. The van der Waals surface area contributed by atoms with Gasteiger partial charge in [0.05, 0.1) is 11.3 Å². The lowest BCUT2D eigenvalue weighted by Gasteiger charge is -2.06. The Balaban J connectivity index is 1.43. The van der Waals surface area contributed by atoms with E-state index in [0.29, 0.717) is 28.2 Å². The molecule has 0 atom stereocenters. The molecule has 0 unspecified atom stereocenters. The van der Waals surface area contributed by atoms with E-state index in [1.165, 1.54) is 30.0 Å². The summed E-state index contributed by atoms with van der Waals surface area (Å²) in [7, 11) is 0. The highest BCUT2D eigenvalue weighted by Gasteiger charge is 2.18. The first kappa shape index (κ1) is 19.0. The van der Waals surface area contributed by atoms with Crippen molar-refractivity contribution in [2.75, 3.05) is 6.79 Å². The Bertz CT molecular complexity index is 1120. The zero-order chi connectivity index (χ0) is 20.4. The van der Waals surface area contributed by atoms with E-state index < -0.39 is 11.4 Å². The maximum atomic E-state index is 12.3. The Labute approximate surface area is 169 Å². The van der Waals surface area contributed by atoms with Crippen molar-refractivity contribution in [1.82, 2.24) is 9.97 Å². The molecule has 0 saturated heterocycles. The molecule has 29 heavy (non-hydrogen) atoms. The first-order valence-electron chi connectivity index (χ1n) is 8.66. The molecule has 4 rings (SSSR count). The summed E-state index contributed by atoms with van der Waals surface area (Å²) in [5.74, 6) is 0.911. The Morgan fingerprint density at radius 2 is 1.86 bits per heavy atom. The molecule has 3 heterocycles. The van der Waals surface area contributed by atoms with Crippen LogP contribution >= 0.6 is 11.8 Å². The van der Waals surface area contributed by atoms with Crippen molar-refractivity contribution < 1.29 is 23.4 Å². The smallest absolute Gasteiger partial charge is 0.343 e. The summed E-state index contributed by atoms with van der Waals surface area (Å²) >= 11 is 1.35. The van der Waals surface area contributed by atoms with E-state index in [2.05, 4.69) is 9.97 Å². The number of rotatable bonds is 5. The van der Waals surface area contributed by atoms with Crippen LogP contribution in [0.2, 0.25) is 0 Å². The SMILES string of the molecule is Cc1cc(C)nc(SCc2cc(=O)c(OC(=O)c3ccc4c(c3)OCO4)co2)n1. The highest BCUT2D eigenvalue weighted by atomic mass is 32.2. The number of benzene rings is 1. The molecule has 2 aromatic heterocycles. The van der Waals surface area contributed by atoms with Gasteiger partial charge < -0.3 is 18.6 Å². The maximum Gasteiger partial charge on any atom is 0.343 e. The van der Waals surface area contributed by atoms with Crippen LogP contribution < -0.4 is 19.6 Å². The zero-order valence-electron chi connectivity index (χ0n) is 15.6. The predicted molar refractivity (Wildman–Crippen MR) is 104 cm³/mol. The number of hydrogen-bond donors (Lipinski definition) is 0. The molecule has 0 fully saturated rings. The van der Waals surface area contributed by atoms with Crippen molar-refractivity contribution in [2.24, 2.45) is 0 Å². The van der Waals surface area contributed by atoms with Crippen LogP contribution in [0.5, 0.6) is 17.2 Å². The molecular weight excluding hydrogens is 396 g/mol. The quantitative estimate of drug-likeness (QED) is 0.355. The second-order valence-corrected chi connectivity index (χ2v) is 7.20. The molecule has 1 aliphatic heterocycles.